The van der Waals surface area contributed by atoms with E-state index in [9.17, 15) is 0 Å². The first-order valence-corrected chi connectivity index (χ1v) is 7.11. The van der Waals surface area contributed by atoms with Gasteiger partial charge in [0.25, 0.3) is 0 Å². The first-order chi connectivity index (χ1) is 8.76. The molecule has 100 valence electrons. The van der Waals surface area contributed by atoms with E-state index in [0.717, 1.165) is 30.1 Å². The fourth-order valence-electron chi connectivity index (χ4n) is 3.65. The van der Waals surface area contributed by atoms with Crippen molar-refractivity contribution in [1.82, 2.24) is 15.4 Å². The Bertz CT molecular complexity index is 389. The second-order valence-electron chi connectivity index (χ2n) is 5.80. The van der Waals surface area contributed by atoms with Crippen molar-refractivity contribution in [2.45, 2.75) is 63.7 Å². The Labute approximate surface area is 109 Å². The Balaban J connectivity index is 1.71. The normalized spacial score (nSPS) is 32.7. The van der Waals surface area contributed by atoms with E-state index >= 15 is 0 Å². The summed E-state index contributed by atoms with van der Waals surface area (Å²) in [5, 5.41) is 7.60. The van der Waals surface area contributed by atoms with Gasteiger partial charge in [-0.3, -0.25) is 4.90 Å². The van der Waals surface area contributed by atoms with Gasteiger partial charge in [-0.25, -0.2) is 0 Å². The molecule has 18 heavy (non-hydrogen) atoms. The summed E-state index contributed by atoms with van der Waals surface area (Å²) in [7, 11) is 2.09. The van der Waals surface area contributed by atoms with E-state index in [1.54, 1.807) is 0 Å². The molecule has 1 aromatic rings. The Kier molecular flexibility index (Phi) is 3.39. The zero-order chi connectivity index (χ0) is 12.5. The molecule has 1 N–H and O–H groups in total. The first kappa shape index (κ1) is 12.2. The van der Waals surface area contributed by atoms with Crippen molar-refractivity contribution in [3.05, 3.63) is 17.5 Å². The summed E-state index contributed by atoms with van der Waals surface area (Å²) >= 11 is 0. The number of piperidine rings is 2. The lowest BCUT2D eigenvalue weighted by molar-refractivity contribution is 0.0174. The van der Waals surface area contributed by atoms with Gasteiger partial charge < -0.3 is 9.84 Å². The van der Waals surface area contributed by atoms with Gasteiger partial charge in [0.2, 0.25) is 0 Å². The summed E-state index contributed by atoms with van der Waals surface area (Å²) < 4.78 is 5.18. The maximum absolute atomic E-state index is 5.18. The Morgan fingerprint density at radius 2 is 2.11 bits per heavy atom. The molecular weight excluding hydrogens is 226 g/mol. The third kappa shape index (κ3) is 2.31. The molecule has 0 amide bonds. The monoisotopic (exact) mass is 249 g/mol. The minimum atomic E-state index is 0.704. The van der Waals surface area contributed by atoms with Crippen LogP contribution in [0.1, 0.15) is 43.6 Å². The summed E-state index contributed by atoms with van der Waals surface area (Å²) in [6, 6.07) is 4.23. The summed E-state index contributed by atoms with van der Waals surface area (Å²) in [6.45, 7) is 2.92. The van der Waals surface area contributed by atoms with Gasteiger partial charge in [0, 0.05) is 30.7 Å². The third-order valence-corrected chi connectivity index (χ3v) is 4.56. The van der Waals surface area contributed by atoms with Crippen LogP contribution in [0.3, 0.4) is 0 Å². The molecule has 4 nitrogen and oxygen atoms in total. The number of nitrogens with one attached hydrogen (secondary N) is 1. The smallest absolute Gasteiger partial charge is 0.133 e. The van der Waals surface area contributed by atoms with E-state index in [1.165, 1.54) is 32.1 Å². The number of aryl methyl sites for hydroxylation is 1. The van der Waals surface area contributed by atoms with Crippen LogP contribution in [-0.4, -0.2) is 35.2 Å². The molecule has 0 aromatic carbocycles. The number of aromatic nitrogens is 1. The van der Waals surface area contributed by atoms with Gasteiger partial charge in [0.05, 0.1) is 5.69 Å². The standard InChI is InChI=1S/C14H23N3O/c1-10-6-12(16-18-10)9-17-13-4-3-5-14(17)8-11(7-13)15-2/h6,11,13-15H,3-5,7-9H2,1-2H3. The van der Waals surface area contributed by atoms with Gasteiger partial charge in [0.15, 0.2) is 0 Å². The lowest BCUT2D eigenvalue weighted by Crippen LogP contribution is -2.55. The molecule has 0 spiro atoms. The molecule has 2 aliphatic rings. The largest absolute Gasteiger partial charge is 0.361 e. The molecule has 3 heterocycles. The van der Waals surface area contributed by atoms with E-state index < -0.39 is 0 Å². The van der Waals surface area contributed by atoms with Crippen LogP contribution in [0.5, 0.6) is 0 Å². The highest BCUT2D eigenvalue weighted by atomic mass is 16.5. The highest BCUT2D eigenvalue weighted by Gasteiger charge is 2.37. The zero-order valence-corrected chi connectivity index (χ0v) is 11.4. The second kappa shape index (κ2) is 5.02. The Hall–Kier alpha value is -0.870. The first-order valence-electron chi connectivity index (χ1n) is 7.11. The van der Waals surface area contributed by atoms with Crippen LogP contribution in [0.2, 0.25) is 0 Å². The Morgan fingerprint density at radius 1 is 1.39 bits per heavy atom. The van der Waals surface area contributed by atoms with E-state index in [1.807, 2.05) is 6.92 Å². The van der Waals surface area contributed by atoms with Crippen molar-refractivity contribution >= 4 is 0 Å². The summed E-state index contributed by atoms with van der Waals surface area (Å²) in [4.78, 5) is 2.66. The molecule has 0 saturated carbocycles. The minimum Gasteiger partial charge on any atom is -0.361 e. The number of rotatable bonds is 3. The predicted molar refractivity (Wildman–Crippen MR) is 70.3 cm³/mol. The van der Waals surface area contributed by atoms with E-state index in [2.05, 4.69) is 28.5 Å². The molecule has 2 fully saturated rings. The second-order valence-corrected chi connectivity index (χ2v) is 5.80. The van der Waals surface area contributed by atoms with Gasteiger partial charge in [-0.05, 0) is 39.7 Å². The molecule has 1 aromatic heterocycles. The number of hydrogen-bond donors (Lipinski definition) is 1. The summed E-state index contributed by atoms with van der Waals surface area (Å²) in [5.74, 6) is 0.917. The molecule has 4 heteroatoms. The number of hydrogen-bond acceptors (Lipinski definition) is 4. The maximum atomic E-state index is 5.18. The average molecular weight is 249 g/mol. The molecule has 2 bridgehead atoms. The van der Waals surface area contributed by atoms with E-state index in [-0.39, 0.29) is 0 Å². The van der Waals surface area contributed by atoms with Crippen LogP contribution in [0.15, 0.2) is 10.6 Å². The van der Waals surface area contributed by atoms with Gasteiger partial charge in [-0.2, -0.15) is 0 Å². The quantitative estimate of drug-likeness (QED) is 0.890. The molecule has 0 aliphatic carbocycles. The highest BCUT2D eigenvalue weighted by molar-refractivity contribution is 5.05. The van der Waals surface area contributed by atoms with E-state index in [0.29, 0.717) is 6.04 Å². The fraction of sp³-hybridized carbons (Fsp3) is 0.786. The molecule has 2 aliphatic heterocycles. The lowest BCUT2D eigenvalue weighted by atomic mass is 9.81. The van der Waals surface area contributed by atoms with Crippen molar-refractivity contribution in [2.24, 2.45) is 0 Å². The predicted octanol–water partition coefficient (Wildman–Crippen LogP) is 2.09. The molecule has 2 saturated heterocycles. The topological polar surface area (TPSA) is 41.3 Å². The maximum Gasteiger partial charge on any atom is 0.133 e. The Morgan fingerprint density at radius 3 is 2.67 bits per heavy atom. The van der Waals surface area contributed by atoms with Gasteiger partial charge in [-0.1, -0.05) is 11.6 Å². The molecule has 2 unspecified atom stereocenters. The minimum absolute atomic E-state index is 0.704. The van der Waals surface area contributed by atoms with Gasteiger partial charge >= 0.3 is 0 Å². The van der Waals surface area contributed by atoms with Crippen molar-refractivity contribution in [2.75, 3.05) is 7.05 Å². The highest BCUT2D eigenvalue weighted by Crippen LogP contribution is 2.34. The van der Waals surface area contributed by atoms with Crippen LogP contribution in [0, 0.1) is 6.92 Å². The summed E-state index contributed by atoms with van der Waals surface area (Å²) in [6.07, 6.45) is 6.63. The van der Waals surface area contributed by atoms with Gasteiger partial charge in [-0.15, -0.1) is 0 Å². The van der Waals surface area contributed by atoms with Crippen molar-refractivity contribution < 1.29 is 4.52 Å². The van der Waals surface area contributed by atoms with Crippen LogP contribution in [0.4, 0.5) is 0 Å². The van der Waals surface area contributed by atoms with Crippen molar-refractivity contribution in [3.63, 3.8) is 0 Å². The van der Waals surface area contributed by atoms with Crippen molar-refractivity contribution in [3.8, 4) is 0 Å². The van der Waals surface area contributed by atoms with E-state index in [4.69, 9.17) is 4.52 Å². The fourth-order valence-corrected chi connectivity index (χ4v) is 3.65. The van der Waals surface area contributed by atoms with Crippen LogP contribution < -0.4 is 5.32 Å². The molecule has 3 rings (SSSR count). The van der Waals surface area contributed by atoms with Crippen LogP contribution in [0.25, 0.3) is 0 Å². The average Bonchev–Trinajstić information content (AvgIpc) is 2.74. The number of nitrogens with zero attached hydrogens (tertiary/aromatic N) is 2. The lowest BCUT2D eigenvalue weighted by Gasteiger charge is -2.48. The molecule has 2 atom stereocenters. The third-order valence-electron chi connectivity index (χ3n) is 4.56. The van der Waals surface area contributed by atoms with Gasteiger partial charge in [0.1, 0.15) is 5.76 Å². The van der Waals surface area contributed by atoms with Crippen LogP contribution in [-0.2, 0) is 6.54 Å². The van der Waals surface area contributed by atoms with Crippen molar-refractivity contribution in [1.29, 1.82) is 0 Å². The number of fused-ring (bicyclic) bond motifs is 2. The molecular formula is C14H23N3O. The SMILES string of the molecule is CNC1CC2CCCC(C1)N2Cc1cc(C)on1. The zero-order valence-electron chi connectivity index (χ0n) is 11.4. The van der Waals surface area contributed by atoms with Crippen LogP contribution >= 0.6 is 0 Å². The summed E-state index contributed by atoms with van der Waals surface area (Å²) in [5.41, 5.74) is 1.09. The molecule has 0 radical (unpaired) electrons.